The number of Topliss-reactive ketones (excluding diaryl/α,β-unsaturated/α-hetero) is 1. The van der Waals surface area contributed by atoms with Gasteiger partial charge in [0.15, 0.2) is 84.9 Å². The van der Waals surface area contributed by atoms with Crippen molar-refractivity contribution in [1.29, 1.82) is 0 Å². The van der Waals surface area contributed by atoms with Gasteiger partial charge in [0.05, 0.1) is 19.3 Å². The molecule has 54 heavy (non-hydrogen) atoms. The van der Waals surface area contributed by atoms with Gasteiger partial charge < -0.3 is 44.9 Å². The van der Waals surface area contributed by atoms with Crippen LogP contribution >= 0.6 is 0 Å². The Morgan fingerprint density at radius 3 is 1.22 bits per heavy atom. The quantitative estimate of drug-likeness (QED) is 0.0916. The summed E-state index contributed by atoms with van der Waals surface area (Å²) in [6.07, 6.45) is -6.21. The third-order valence-corrected chi connectivity index (χ3v) is 14.9. The first kappa shape index (κ1) is 53.0. The smallest absolute Gasteiger partial charge is 0.188 e. The maximum absolute atomic E-state index is 14.6. The number of carbonyl (C=O) groups is 1. The van der Waals surface area contributed by atoms with E-state index in [1.165, 1.54) is 0 Å². The molecule has 0 spiro atoms. The number of hydrogen-bond donors (Lipinski definition) is 0. The van der Waals surface area contributed by atoms with Gasteiger partial charge in [0.2, 0.25) is 0 Å². The molecule has 1 rings (SSSR count). The van der Waals surface area contributed by atoms with Gasteiger partial charge >= 0.3 is 0 Å². The first-order valence-corrected chi connectivity index (χ1v) is 47.1. The molecule has 19 heteroatoms. The van der Waals surface area contributed by atoms with E-state index < -0.39 is 116 Å². The number of ketones is 1. The van der Waals surface area contributed by atoms with E-state index in [2.05, 4.69) is 157 Å². The van der Waals surface area contributed by atoms with Crippen molar-refractivity contribution >= 4 is 72.3 Å². The molecule has 0 saturated carbocycles. The summed E-state index contributed by atoms with van der Waals surface area (Å²) in [5.74, 6) is -0.190. The van der Waals surface area contributed by atoms with Crippen LogP contribution in [-0.4, -0.2) is 135 Å². The topological polar surface area (TPSA) is 109 Å². The molecule has 0 aromatic rings. The van der Waals surface area contributed by atoms with Gasteiger partial charge in [0.1, 0.15) is 30.5 Å². The van der Waals surface area contributed by atoms with Crippen molar-refractivity contribution in [2.24, 2.45) is 0 Å². The lowest BCUT2D eigenvalue weighted by molar-refractivity contribution is -0.343. The van der Waals surface area contributed by atoms with Crippen LogP contribution in [0.4, 0.5) is 0 Å². The first-order chi connectivity index (χ1) is 23.6. The second-order valence-electron chi connectivity index (χ2n) is 22.5. The summed E-state index contributed by atoms with van der Waals surface area (Å²) in [6, 6.07) is 0. The predicted molar refractivity (Wildman–Crippen MR) is 243 cm³/mol. The van der Waals surface area contributed by atoms with Gasteiger partial charge in [-0.2, -0.15) is 0 Å². The SMILES string of the molecule is C[Si](C)(C)OCC(=O)[C@H](O[Si](C)(C)C)[C@H](OC1O[C@H](O[Si](C)(C)C)[C@@H](O[Si](C)(C)C)[C@H](O[Si](C)(C)C)[C@H]1O[Si](C)(C)C)[C@@H](CO[Si](C)(C)C)O[Si](C)(C)C. The third-order valence-electron chi connectivity index (χ3n) is 6.98. The molecule has 1 aliphatic heterocycles. The van der Waals surface area contributed by atoms with E-state index in [1.54, 1.807) is 0 Å². The van der Waals surface area contributed by atoms with Gasteiger partial charge in [0, 0.05) is 0 Å². The molecule has 0 aromatic heterocycles. The molecule has 0 amide bonds. The van der Waals surface area contributed by atoms with Gasteiger partial charge in [-0.3, -0.25) is 4.79 Å². The van der Waals surface area contributed by atoms with Crippen molar-refractivity contribution in [3.8, 4) is 0 Å². The van der Waals surface area contributed by atoms with Gasteiger partial charge in [0.25, 0.3) is 0 Å². The standard InChI is InChI=1S/C35H84O11Si8/c1-47(2,3)37-25-27(36)29(42-50(10,11)12)30(28(41-49(7,8)9)26-38-48(4,5)6)39-34-32(44-52(16,17)18)31(43-51(13,14)15)33(45-53(19,20)21)35(40-34)46-54(22,23)24/h28-35H,25-26H2,1-24H3/t28-,29+,30-,31-,32-,33+,34?,35-/m1/s1. The normalized spacial score (nSPS) is 24.7. The molecule has 1 fully saturated rings. The van der Waals surface area contributed by atoms with Crippen LogP contribution in [0.5, 0.6) is 0 Å². The van der Waals surface area contributed by atoms with E-state index in [-0.39, 0.29) is 19.0 Å². The highest BCUT2D eigenvalue weighted by atomic mass is 28.4. The van der Waals surface area contributed by atoms with Crippen LogP contribution in [0.3, 0.4) is 0 Å². The summed E-state index contributed by atoms with van der Waals surface area (Å²) in [7, 11) is -17.6. The number of carbonyl (C=O) groups excluding carboxylic acids is 1. The zero-order valence-electron chi connectivity index (χ0n) is 39.0. The summed E-state index contributed by atoms with van der Waals surface area (Å²) < 4.78 is 69.0. The van der Waals surface area contributed by atoms with Crippen LogP contribution in [0.1, 0.15) is 0 Å². The minimum Gasteiger partial charge on any atom is -0.415 e. The van der Waals surface area contributed by atoms with Gasteiger partial charge in [-0.15, -0.1) is 0 Å². The predicted octanol–water partition coefficient (Wildman–Crippen LogP) is 9.28. The summed E-state index contributed by atoms with van der Waals surface area (Å²) in [5, 5.41) is 0. The second kappa shape index (κ2) is 19.6. The third kappa shape index (κ3) is 23.0. The molecule has 0 aliphatic carbocycles. The van der Waals surface area contributed by atoms with Gasteiger partial charge in [-0.1, -0.05) is 0 Å². The molecule has 1 saturated heterocycles. The zero-order chi connectivity index (χ0) is 42.7. The van der Waals surface area contributed by atoms with E-state index in [1.807, 2.05) is 0 Å². The molecule has 1 heterocycles. The number of rotatable bonds is 23. The van der Waals surface area contributed by atoms with E-state index in [9.17, 15) is 4.79 Å². The summed E-state index contributed by atoms with van der Waals surface area (Å²) in [6.45, 7) is 51.4. The fourth-order valence-corrected chi connectivity index (χ4v) is 13.0. The fourth-order valence-electron chi connectivity index (χ4n) is 5.50. The summed E-state index contributed by atoms with van der Waals surface area (Å²) in [5.41, 5.74) is 0. The lowest BCUT2D eigenvalue weighted by Crippen LogP contribution is -2.68. The van der Waals surface area contributed by atoms with Crippen molar-refractivity contribution in [3.63, 3.8) is 0 Å². The lowest BCUT2D eigenvalue weighted by Gasteiger charge is -2.52. The van der Waals surface area contributed by atoms with Crippen LogP contribution < -0.4 is 0 Å². The highest BCUT2D eigenvalue weighted by Gasteiger charge is 2.55. The zero-order valence-corrected chi connectivity index (χ0v) is 47.0. The number of hydrogen-bond acceptors (Lipinski definition) is 11. The van der Waals surface area contributed by atoms with Crippen molar-refractivity contribution in [1.82, 2.24) is 0 Å². The minimum atomic E-state index is -2.37. The van der Waals surface area contributed by atoms with Gasteiger partial charge in [-0.25, -0.2) is 0 Å². The lowest BCUT2D eigenvalue weighted by atomic mass is 10.0. The molecule has 0 bridgehead atoms. The van der Waals surface area contributed by atoms with Crippen LogP contribution in [0.2, 0.25) is 157 Å². The van der Waals surface area contributed by atoms with E-state index >= 15 is 0 Å². The highest BCUT2D eigenvalue weighted by molar-refractivity contribution is 6.72. The molecule has 1 unspecified atom stereocenters. The average molecular weight is 906 g/mol. The Morgan fingerprint density at radius 2 is 0.852 bits per heavy atom. The van der Waals surface area contributed by atoms with Crippen molar-refractivity contribution in [2.45, 2.75) is 206 Å². The Hall–Kier alpha value is 1.01. The van der Waals surface area contributed by atoms with Crippen molar-refractivity contribution in [3.05, 3.63) is 0 Å². The monoisotopic (exact) mass is 904 g/mol. The van der Waals surface area contributed by atoms with E-state index in [0.717, 1.165) is 0 Å². The molecule has 1 aliphatic rings. The average Bonchev–Trinajstić information content (AvgIpc) is 2.86. The Labute approximate surface area is 339 Å². The Kier molecular flexibility index (Phi) is 19.2. The number of ether oxygens (including phenoxy) is 2. The largest absolute Gasteiger partial charge is 0.415 e. The molecule has 8 atom stereocenters. The second-order valence-corrected chi connectivity index (χ2v) is 58.3. The Balaban J connectivity index is 4.24. The molecule has 11 nitrogen and oxygen atoms in total. The molecular weight excluding hydrogens is 821 g/mol. The van der Waals surface area contributed by atoms with E-state index in [0.29, 0.717) is 0 Å². The minimum absolute atomic E-state index is 0.0888. The van der Waals surface area contributed by atoms with Gasteiger partial charge in [-0.05, 0) is 157 Å². The van der Waals surface area contributed by atoms with Crippen LogP contribution in [0.25, 0.3) is 0 Å². The fraction of sp³-hybridized carbons (Fsp3) is 0.971. The van der Waals surface area contributed by atoms with Crippen LogP contribution in [0.15, 0.2) is 0 Å². The summed E-state index contributed by atoms with van der Waals surface area (Å²) >= 11 is 0. The highest BCUT2D eigenvalue weighted by Crippen LogP contribution is 2.37. The Bertz CT molecular complexity index is 1160. The maximum atomic E-state index is 14.6. The van der Waals surface area contributed by atoms with Crippen LogP contribution in [-0.2, 0) is 49.7 Å². The van der Waals surface area contributed by atoms with E-state index in [4.69, 9.17) is 44.9 Å². The van der Waals surface area contributed by atoms with Crippen molar-refractivity contribution < 1.29 is 49.7 Å². The molecule has 322 valence electrons. The van der Waals surface area contributed by atoms with Crippen LogP contribution in [0, 0.1) is 0 Å². The van der Waals surface area contributed by atoms with Crippen molar-refractivity contribution in [2.75, 3.05) is 13.2 Å². The maximum Gasteiger partial charge on any atom is 0.188 e. The molecule has 0 aromatic carbocycles. The molecule has 0 radical (unpaired) electrons. The summed E-state index contributed by atoms with van der Waals surface area (Å²) in [4.78, 5) is 14.6. The first-order valence-electron chi connectivity index (χ1n) is 19.8. The molecular formula is C35H84O11Si8. The molecule has 0 N–H and O–H groups in total. The Morgan fingerprint density at radius 1 is 0.463 bits per heavy atom.